The molecule has 1 aromatic rings. The molecule has 1 nitrogen and oxygen atoms in total. The fourth-order valence-corrected chi connectivity index (χ4v) is 0.930. The first-order valence-corrected chi connectivity index (χ1v) is 3.10. The molecule has 3 heteroatoms. The summed E-state index contributed by atoms with van der Waals surface area (Å²) in [6.07, 6.45) is 0. The first kappa shape index (κ1) is 7.48. The molecule has 0 amide bonds. The third-order valence-electron chi connectivity index (χ3n) is 0.486. The molecule has 1 aromatic heterocycles. The zero-order valence-electron chi connectivity index (χ0n) is 4.04. The largest absolute Gasteiger partial charge is 0.202 e. The summed E-state index contributed by atoms with van der Waals surface area (Å²) >= 11 is 7.02. The zero-order chi connectivity index (χ0) is 6.41. The van der Waals surface area contributed by atoms with Crippen LogP contribution >= 0.6 is 22.9 Å². The Morgan fingerprint density at radius 3 is 2.38 bits per heavy atom. The first-order valence-electron chi connectivity index (χ1n) is 1.84. The molecule has 8 heavy (non-hydrogen) atoms. The summed E-state index contributed by atoms with van der Waals surface area (Å²) in [5, 5.41) is 8.45. The van der Waals surface area contributed by atoms with E-state index in [-0.39, 0.29) is 0 Å². The second kappa shape index (κ2) is 4.63. The Morgan fingerprint density at radius 1 is 1.62 bits per heavy atom. The fourth-order valence-electron chi connectivity index (χ4n) is 0.259. The summed E-state index contributed by atoms with van der Waals surface area (Å²) in [4.78, 5) is 0. The van der Waals surface area contributed by atoms with Gasteiger partial charge in [0.2, 0.25) is 0 Å². The Morgan fingerprint density at radius 2 is 2.25 bits per heavy atom. The molecule has 0 saturated carbocycles. The summed E-state index contributed by atoms with van der Waals surface area (Å²) < 4.78 is 0.856. The molecule has 0 spiro atoms. The Balaban J connectivity index is 0.000000222. The Kier molecular flexibility index (Phi) is 4.33. The second-order valence-electron chi connectivity index (χ2n) is 0.917. The highest BCUT2D eigenvalue weighted by molar-refractivity contribution is 7.14. The summed E-state index contributed by atoms with van der Waals surface area (Å²) in [5.41, 5.74) is 0. The van der Waals surface area contributed by atoms with Crippen LogP contribution in [-0.4, -0.2) is 0 Å². The molecule has 0 bridgehead atoms. The van der Waals surface area contributed by atoms with E-state index in [2.05, 4.69) is 6.57 Å². The van der Waals surface area contributed by atoms with Crippen LogP contribution in [0.15, 0.2) is 17.5 Å². The first-order chi connectivity index (χ1) is 3.89. The molecule has 42 valence electrons. The lowest BCUT2D eigenvalue weighted by Gasteiger charge is -1.62. The monoisotopic (exact) mass is 145 g/mol. The van der Waals surface area contributed by atoms with Crippen molar-refractivity contribution in [2.75, 3.05) is 0 Å². The Bertz CT molecular complexity index is 145. The molecule has 1 rings (SSSR count). The molecule has 0 N–H and O–H groups in total. The maximum Gasteiger partial charge on any atom is 0.0928 e. The van der Waals surface area contributed by atoms with Crippen LogP contribution in [0.5, 0.6) is 0 Å². The number of rotatable bonds is 0. The quantitative estimate of drug-likeness (QED) is 0.551. The van der Waals surface area contributed by atoms with Crippen molar-refractivity contribution in [2.24, 2.45) is 0 Å². The SMILES string of the molecule is C#N.Clc1cccs1. The van der Waals surface area contributed by atoms with Crippen molar-refractivity contribution in [1.82, 2.24) is 0 Å². The maximum atomic E-state index is 6.50. The molecular weight excluding hydrogens is 142 g/mol. The van der Waals surface area contributed by atoms with Crippen molar-refractivity contribution in [2.45, 2.75) is 0 Å². The number of thiophene rings is 1. The Labute approximate surface area is 57.1 Å². The number of nitriles is 1. The van der Waals surface area contributed by atoms with Gasteiger partial charge in [0.15, 0.2) is 0 Å². The molecule has 0 atom stereocenters. The van der Waals surface area contributed by atoms with Gasteiger partial charge in [0, 0.05) is 6.57 Å². The number of nitrogens with zero attached hydrogens (tertiary/aromatic N) is 1. The van der Waals surface area contributed by atoms with Gasteiger partial charge in [-0.2, -0.15) is 0 Å². The summed E-state index contributed by atoms with van der Waals surface area (Å²) in [5.74, 6) is 0. The van der Waals surface area contributed by atoms with E-state index in [1.807, 2.05) is 17.5 Å². The minimum absolute atomic E-state index is 0.856. The molecule has 0 aliphatic rings. The summed E-state index contributed by atoms with van der Waals surface area (Å²) in [6.45, 7) is 3.50. The van der Waals surface area contributed by atoms with Crippen molar-refractivity contribution in [3.63, 3.8) is 0 Å². The molecular formula is C5H4ClNS. The molecule has 0 fully saturated rings. The van der Waals surface area contributed by atoms with Crippen LogP contribution < -0.4 is 0 Å². The van der Waals surface area contributed by atoms with Gasteiger partial charge in [-0.05, 0) is 17.5 Å². The lowest BCUT2D eigenvalue weighted by atomic mass is 10.7. The highest BCUT2D eigenvalue weighted by atomic mass is 35.5. The zero-order valence-corrected chi connectivity index (χ0v) is 5.62. The van der Waals surface area contributed by atoms with Crippen LogP contribution in [0.3, 0.4) is 0 Å². The Hall–Kier alpha value is -0.520. The van der Waals surface area contributed by atoms with Crippen LogP contribution in [0, 0.1) is 11.8 Å². The predicted octanol–water partition coefficient (Wildman–Crippen LogP) is 2.54. The molecule has 1 heterocycles. The van der Waals surface area contributed by atoms with Gasteiger partial charge in [0.05, 0.1) is 4.34 Å². The van der Waals surface area contributed by atoms with E-state index >= 15 is 0 Å². The molecule has 0 radical (unpaired) electrons. The summed E-state index contributed by atoms with van der Waals surface area (Å²) in [6, 6.07) is 3.79. The summed E-state index contributed by atoms with van der Waals surface area (Å²) in [7, 11) is 0. The number of hydrogen-bond acceptors (Lipinski definition) is 2. The standard InChI is InChI=1S/C4H3ClS.CHN/c5-4-2-1-3-6-4;1-2/h1-3H;1H. The average Bonchev–Trinajstić information content (AvgIpc) is 2.24. The third-order valence-corrected chi connectivity index (χ3v) is 1.53. The second-order valence-corrected chi connectivity index (χ2v) is 2.50. The van der Waals surface area contributed by atoms with E-state index < -0.39 is 0 Å². The van der Waals surface area contributed by atoms with Gasteiger partial charge < -0.3 is 0 Å². The minimum Gasteiger partial charge on any atom is -0.202 e. The van der Waals surface area contributed by atoms with Gasteiger partial charge in [-0.15, -0.1) is 11.3 Å². The minimum atomic E-state index is 0.856. The van der Waals surface area contributed by atoms with Crippen molar-refractivity contribution >= 4 is 22.9 Å². The van der Waals surface area contributed by atoms with Gasteiger partial charge in [0.25, 0.3) is 0 Å². The van der Waals surface area contributed by atoms with Crippen LogP contribution in [0.25, 0.3) is 0 Å². The third kappa shape index (κ3) is 2.62. The average molecular weight is 146 g/mol. The van der Waals surface area contributed by atoms with Gasteiger partial charge in [-0.1, -0.05) is 11.6 Å². The van der Waals surface area contributed by atoms with Crippen molar-refractivity contribution in [3.8, 4) is 6.57 Å². The number of halogens is 1. The van der Waals surface area contributed by atoms with E-state index in [1.165, 1.54) is 0 Å². The van der Waals surface area contributed by atoms with Crippen LogP contribution in [0.4, 0.5) is 0 Å². The lowest BCUT2D eigenvalue weighted by molar-refractivity contribution is 1.58. The molecule has 0 unspecified atom stereocenters. The van der Waals surface area contributed by atoms with Crippen LogP contribution in [0.1, 0.15) is 0 Å². The van der Waals surface area contributed by atoms with Gasteiger partial charge >= 0.3 is 0 Å². The molecule has 0 saturated heterocycles. The predicted molar refractivity (Wildman–Crippen MR) is 36.0 cm³/mol. The molecule has 0 aliphatic heterocycles. The van der Waals surface area contributed by atoms with Crippen molar-refractivity contribution in [3.05, 3.63) is 21.8 Å². The van der Waals surface area contributed by atoms with E-state index in [1.54, 1.807) is 11.3 Å². The smallest absolute Gasteiger partial charge is 0.0928 e. The van der Waals surface area contributed by atoms with Gasteiger partial charge in [0.1, 0.15) is 0 Å². The lowest BCUT2D eigenvalue weighted by Crippen LogP contribution is -1.29. The highest BCUT2D eigenvalue weighted by Crippen LogP contribution is 2.13. The van der Waals surface area contributed by atoms with E-state index in [4.69, 9.17) is 16.9 Å². The van der Waals surface area contributed by atoms with Crippen LogP contribution in [-0.2, 0) is 0 Å². The normalized spacial score (nSPS) is 6.88. The van der Waals surface area contributed by atoms with E-state index in [0.29, 0.717) is 0 Å². The topological polar surface area (TPSA) is 23.8 Å². The van der Waals surface area contributed by atoms with Crippen molar-refractivity contribution in [1.29, 1.82) is 5.26 Å². The fraction of sp³-hybridized carbons (Fsp3) is 0. The van der Waals surface area contributed by atoms with Crippen molar-refractivity contribution < 1.29 is 0 Å². The number of hydrogen-bond donors (Lipinski definition) is 0. The molecule has 0 aliphatic carbocycles. The van der Waals surface area contributed by atoms with Crippen LogP contribution in [0.2, 0.25) is 4.34 Å². The highest BCUT2D eigenvalue weighted by Gasteiger charge is 1.77. The maximum absolute atomic E-state index is 6.50. The van der Waals surface area contributed by atoms with Gasteiger partial charge in [-0.25, -0.2) is 5.26 Å². The van der Waals surface area contributed by atoms with Gasteiger partial charge in [-0.3, -0.25) is 0 Å². The van der Waals surface area contributed by atoms with E-state index in [0.717, 1.165) is 4.34 Å². The molecule has 0 aromatic carbocycles. The van der Waals surface area contributed by atoms with E-state index in [9.17, 15) is 0 Å².